The second-order valence-electron chi connectivity index (χ2n) is 7.16. The highest BCUT2D eigenvalue weighted by Gasteiger charge is 2.37. The Balaban J connectivity index is 1.54. The van der Waals surface area contributed by atoms with Crippen LogP contribution in [0.4, 0.5) is 0 Å². The van der Waals surface area contributed by atoms with Crippen LogP contribution in [-0.2, 0) is 4.79 Å². The molecule has 0 radical (unpaired) electrons. The van der Waals surface area contributed by atoms with E-state index in [1.54, 1.807) is 32.4 Å². The van der Waals surface area contributed by atoms with E-state index in [9.17, 15) is 9.59 Å². The molecule has 0 unspecified atom stereocenters. The fraction of sp³-hybridized carbons (Fsp3) is 0.579. The number of ether oxygens (including phenoxy) is 2. The van der Waals surface area contributed by atoms with Crippen LogP contribution in [-0.4, -0.2) is 61.3 Å². The lowest BCUT2D eigenvalue weighted by Gasteiger charge is -2.42. The van der Waals surface area contributed by atoms with Crippen LogP contribution in [0.1, 0.15) is 36.0 Å². The molecule has 142 valence electrons. The number of methoxy groups -OCH3 is 2. The molecule has 1 aromatic rings. The number of nitrogens with one attached hydrogen (secondary N) is 1. The van der Waals surface area contributed by atoms with E-state index in [4.69, 9.17) is 14.6 Å². The number of rotatable bonds is 9. The van der Waals surface area contributed by atoms with Gasteiger partial charge in [-0.1, -0.05) is 0 Å². The molecule has 0 aliphatic heterocycles. The molecular formula is C19H26N2O5. The molecule has 2 aliphatic rings. The Morgan fingerprint density at radius 1 is 1.15 bits per heavy atom. The van der Waals surface area contributed by atoms with Gasteiger partial charge in [0.2, 0.25) is 0 Å². The van der Waals surface area contributed by atoms with E-state index in [1.165, 1.54) is 12.8 Å². The Kier molecular flexibility index (Phi) is 5.66. The largest absolute Gasteiger partial charge is 0.497 e. The van der Waals surface area contributed by atoms with Gasteiger partial charge < -0.3 is 19.9 Å². The zero-order valence-corrected chi connectivity index (χ0v) is 15.2. The van der Waals surface area contributed by atoms with E-state index >= 15 is 0 Å². The van der Waals surface area contributed by atoms with Crippen molar-refractivity contribution in [2.75, 3.05) is 27.3 Å². The van der Waals surface area contributed by atoms with Gasteiger partial charge in [0.15, 0.2) is 0 Å². The van der Waals surface area contributed by atoms with Gasteiger partial charge in [0.05, 0.1) is 20.8 Å². The van der Waals surface area contributed by atoms with Gasteiger partial charge in [0.1, 0.15) is 11.5 Å². The molecule has 3 rings (SSSR count). The number of aliphatic carboxylic acids is 1. The minimum Gasteiger partial charge on any atom is -0.497 e. The monoisotopic (exact) mass is 362 g/mol. The van der Waals surface area contributed by atoms with Crippen molar-refractivity contribution in [3.8, 4) is 11.5 Å². The second-order valence-corrected chi connectivity index (χ2v) is 7.16. The maximum Gasteiger partial charge on any atom is 0.317 e. The summed E-state index contributed by atoms with van der Waals surface area (Å²) in [5, 5.41) is 12.1. The maximum absolute atomic E-state index is 12.5. The first-order valence-corrected chi connectivity index (χ1v) is 8.98. The molecule has 0 saturated heterocycles. The molecule has 7 nitrogen and oxygen atoms in total. The van der Waals surface area contributed by atoms with Gasteiger partial charge >= 0.3 is 5.97 Å². The number of nitrogens with zero attached hydrogens (tertiary/aromatic N) is 1. The normalized spacial score (nSPS) is 21.8. The molecule has 26 heavy (non-hydrogen) atoms. The van der Waals surface area contributed by atoms with Gasteiger partial charge in [-0.25, -0.2) is 0 Å². The van der Waals surface area contributed by atoms with Crippen LogP contribution < -0.4 is 14.8 Å². The van der Waals surface area contributed by atoms with Crippen LogP contribution in [0.15, 0.2) is 18.2 Å². The summed E-state index contributed by atoms with van der Waals surface area (Å²) in [6.45, 7) is 0.930. The number of hydrogen-bond acceptors (Lipinski definition) is 5. The average molecular weight is 362 g/mol. The van der Waals surface area contributed by atoms with Crippen LogP contribution in [0.5, 0.6) is 11.5 Å². The Morgan fingerprint density at radius 2 is 1.77 bits per heavy atom. The first-order valence-electron chi connectivity index (χ1n) is 8.98. The summed E-state index contributed by atoms with van der Waals surface area (Å²) in [4.78, 5) is 25.6. The van der Waals surface area contributed by atoms with Crippen molar-refractivity contribution in [1.82, 2.24) is 10.2 Å². The summed E-state index contributed by atoms with van der Waals surface area (Å²) >= 11 is 0. The summed E-state index contributed by atoms with van der Waals surface area (Å²) in [6, 6.07) is 5.38. The topological polar surface area (TPSA) is 88.1 Å². The predicted octanol–water partition coefficient (Wildman–Crippen LogP) is 1.76. The molecular weight excluding hydrogens is 336 g/mol. The zero-order valence-electron chi connectivity index (χ0n) is 15.2. The maximum atomic E-state index is 12.5. The van der Waals surface area contributed by atoms with Gasteiger partial charge in [0.25, 0.3) is 5.91 Å². The van der Waals surface area contributed by atoms with Crippen LogP contribution in [0, 0.1) is 5.92 Å². The highest BCUT2D eigenvalue weighted by atomic mass is 16.5. The van der Waals surface area contributed by atoms with Crippen molar-refractivity contribution in [3.63, 3.8) is 0 Å². The summed E-state index contributed by atoms with van der Waals surface area (Å²) in [5.74, 6) is 0.822. The molecule has 2 aliphatic carbocycles. The van der Waals surface area contributed by atoms with E-state index in [1.807, 2.05) is 0 Å². The fourth-order valence-electron chi connectivity index (χ4n) is 3.36. The molecule has 2 saturated carbocycles. The summed E-state index contributed by atoms with van der Waals surface area (Å²) in [5.41, 5.74) is 0.491. The Bertz CT molecular complexity index is 646. The van der Waals surface area contributed by atoms with Crippen molar-refractivity contribution in [1.29, 1.82) is 0 Å². The molecule has 2 fully saturated rings. The van der Waals surface area contributed by atoms with Gasteiger partial charge in [-0.2, -0.15) is 0 Å². The molecule has 0 heterocycles. The number of benzene rings is 1. The highest BCUT2D eigenvalue weighted by molar-refractivity contribution is 5.95. The predicted molar refractivity (Wildman–Crippen MR) is 95.8 cm³/mol. The Morgan fingerprint density at radius 3 is 2.27 bits per heavy atom. The molecule has 7 heteroatoms. The molecule has 0 atom stereocenters. The van der Waals surface area contributed by atoms with Crippen LogP contribution in [0.2, 0.25) is 0 Å². The highest BCUT2D eigenvalue weighted by Crippen LogP contribution is 2.34. The van der Waals surface area contributed by atoms with Crippen LogP contribution in [0.3, 0.4) is 0 Å². The minimum absolute atomic E-state index is 0.0696. The Labute approximate surface area is 153 Å². The number of carbonyl (C=O) groups excluding carboxylic acids is 1. The third kappa shape index (κ3) is 4.66. The number of carbonyl (C=O) groups is 2. The van der Waals surface area contributed by atoms with Gasteiger partial charge in [0, 0.05) is 30.3 Å². The van der Waals surface area contributed by atoms with E-state index in [2.05, 4.69) is 10.2 Å². The zero-order chi connectivity index (χ0) is 18.7. The van der Waals surface area contributed by atoms with E-state index in [0.717, 1.165) is 19.4 Å². The summed E-state index contributed by atoms with van der Waals surface area (Å²) < 4.78 is 10.4. The van der Waals surface area contributed by atoms with Crippen molar-refractivity contribution >= 4 is 11.9 Å². The molecule has 0 spiro atoms. The van der Waals surface area contributed by atoms with Crippen LogP contribution in [0.25, 0.3) is 0 Å². The number of amides is 1. The second kappa shape index (κ2) is 7.95. The first kappa shape index (κ1) is 18.5. The third-order valence-electron chi connectivity index (χ3n) is 5.11. The van der Waals surface area contributed by atoms with Crippen molar-refractivity contribution < 1.29 is 24.2 Å². The van der Waals surface area contributed by atoms with Crippen LogP contribution >= 0.6 is 0 Å². The average Bonchev–Trinajstić information content (AvgIpc) is 3.40. The smallest absolute Gasteiger partial charge is 0.317 e. The van der Waals surface area contributed by atoms with Gasteiger partial charge in [-0.3, -0.25) is 14.5 Å². The van der Waals surface area contributed by atoms with Crippen molar-refractivity contribution in [2.45, 2.75) is 37.8 Å². The first-order chi connectivity index (χ1) is 12.5. The number of hydrogen-bond donors (Lipinski definition) is 2. The Hall–Kier alpha value is -2.28. The summed E-state index contributed by atoms with van der Waals surface area (Å²) in [7, 11) is 3.09. The third-order valence-corrected chi connectivity index (χ3v) is 5.11. The quantitative estimate of drug-likeness (QED) is 0.696. The number of carboxylic acid groups (broad SMARTS) is 1. The lowest BCUT2D eigenvalue weighted by Crippen LogP contribution is -2.55. The fourth-order valence-corrected chi connectivity index (χ4v) is 3.36. The minimum atomic E-state index is -0.790. The lowest BCUT2D eigenvalue weighted by atomic mass is 9.85. The SMILES string of the molecule is COc1cc(OC)cc(C(=O)NC2CC(N(CC(=O)O)CC3CC3)C2)c1. The summed E-state index contributed by atoms with van der Waals surface area (Å²) in [6.07, 6.45) is 3.96. The molecule has 1 amide bonds. The van der Waals surface area contributed by atoms with E-state index in [0.29, 0.717) is 23.0 Å². The van der Waals surface area contributed by atoms with Crippen molar-refractivity contribution in [3.05, 3.63) is 23.8 Å². The number of carboxylic acids is 1. The van der Waals surface area contributed by atoms with Gasteiger partial charge in [-0.05, 0) is 43.7 Å². The molecule has 0 aromatic heterocycles. The molecule has 2 N–H and O–H groups in total. The van der Waals surface area contributed by atoms with Gasteiger partial charge in [-0.15, -0.1) is 0 Å². The van der Waals surface area contributed by atoms with Crippen molar-refractivity contribution in [2.24, 2.45) is 5.92 Å². The standard InChI is InChI=1S/C19H26N2O5/c1-25-16-5-13(6-17(9-16)26-2)19(24)20-14-7-15(8-14)21(11-18(22)23)10-12-3-4-12/h5-6,9,12,14-15H,3-4,7-8,10-11H2,1-2H3,(H,20,24)(H,22,23). The molecule has 0 bridgehead atoms. The van der Waals surface area contributed by atoms with E-state index in [-0.39, 0.29) is 24.5 Å². The van der Waals surface area contributed by atoms with E-state index < -0.39 is 5.97 Å². The molecule has 1 aromatic carbocycles. The lowest BCUT2D eigenvalue weighted by molar-refractivity contribution is -0.139.